The molecule has 0 radical (unpaired) electrons. The maximum Gasteiger partial charge on any atom is 0.174 e. The summed E-state index contributed by atoms with van der Waals surface area (Å²) in [4.78, 5) is 10.3. The number of benzene rings is 2. The highest BCUT2D eigenvalue weighted by Crippen LogP contribution is 2.45. The molecule has 1 aliphatic heterocycles. The van der Waals surface area contributed by atoms with Gasteiger partial charge in [-0.2, -0.15) is 0 Å². The number of hydrogen-bond acceptors (Lipinski definition) is 4. The standard InChI is InChI=1S/C27H25IN4O2S/c1-16-23(24(28)17(2)30-16)26-25(22-6-4-5-15-29-22)31-27(35)32(26)18-7-9-20(10-8-18)34-21-13-11-19(33-3)12-14-21/h4-15,25-26,30H,1-3H3,(H,31,35)/t25-,26-/m1/s1. The normalized spacial score (nSPS) is 17.4. The second-order valence-electron chi connectivity index (χ2n) is 8.37. The van der Waals surface area contributed by atoms with Crippen LogP contribution in [0, 0.1) is 17.4 Å². The molecule has 1 saturated heterocycles. The lowest BCUT2D eigenvalue weighted by atomic mass is 9.96. The number of aryl methyl sites for hydroxylation is 2. The zero-order chi connectivity index (χ0) is 24.5. The first-order valence-corrected chi connectivity index (χ1v) is 12.7. The molecule has 0 amide bonds. The van der Waals surface area contributed by atoms with Crippen molar-refractivity contribution in [2.45, 2.75) is 25.9 Å². The molecule has 4 aromatic rings. The number of ether oxygens (including phenoxy) is 2. The molecule has 0 bridgehead atoms. The summed E-state index contributed by atoms with van der Waals surface area (Å²) in [7, 11) is 1.65. The molecule has 2 aromatic heterocycles. The Hall–Kier alpha value is -3.11. The van der Waals surface area contributed by atoms with E-state index in [9.17, 15) is 0 Å². The molecule has 8 heteroatoms. The Morgan fingerprint density at radius 3 is 2.14 bits per heavy atom. The molecule has 35 heavy (non-hydrogen) atoms. The lowest BCUT2D eigenvalue weighted by molar-refractivity contribution is 0.413. The van der Waals surface area contributed by atoms with Crippen LogP contribution < -0.4 is 19.7 Å². The number of pyridine rings is 1. The Morgan fingerprint density at radius 2 is 1.57 bits per heavy atom. The van der Waals surface area contributed by atoms with Crippen LogP contribution in [-0.2, 0) is 0 Å². The van der Waals surface area contributed by atoms with Gasteiger partial charge in [-0.3, -0.25) is 4.98 Å². The van der Waals surface area contributed by atoms with E-state index < -0.39 is 0 Å². The minimum absolute atomic E-state index is 0.0531. The fraction of sp³-hybridized carbons (Fsp3) is 0.185. The third-order valence-corrected chi connectivity index (χ3v) is 7.85. The Balaban J connectivity index is 1.49. The smallest absolute Gasteiger partial charge is 0.174 e. The number of aromatic amines is 1. The van der Waals surface area contributed by atoms with Crippen molar-refractivity contribution in [2.24, 2.45) is 0 Å². The Labute approximate surface area is 223 Å². The molecule has 3 heterocycles. The van der Waals surface area contributed by atoms with Crippen molar-refractivity contribution in [1.29, 1.82) is 0 Å². The maximum atomic E-state index is 6.03. The zero-order valence-electron chi connectivity index (χ0n) is 19.6. The van der Waals surface area contributed by atoms with Crippen LogP contribution in [0.5, 0.6) is 17.2 Å². The SMILES string of the molecule is COc1ccc(Oc2ccc(N3C(=S)N[C@H](c4ccccn4)[C@H]3c3c(C)[nH]c(C)c3I)cc2)cc1. The summed E-state index contributed by atoms with van der Waals surface area (Å²) in [5.41, 5.74) is 5.45. The number of nitrogens with one attached hydrogen (secondary N) is 2. The van der Waals surface area contributed by atoms with Gasteiger partial charge in [0.15, 0.2) is 5.11 Å². The van der Waals surface area contributed by atoms with Crippen molar-refractivity contribution in [1.82, 2.24) is 15.3 Å². The first kappa shape index (κ1) is 23.6. The molecule has 2 atom stereocenters. The van der Waals surface area contributed by atoms with Gasteiger partial charge in [0, 0.05) is 32.4 Å². The van der Waals surface area contributed by atoms with Gasteiger partial charge in [-0.1, -0.05) is 6.07 Å². The first-order valence-electron chi connectivity index (χ1n) is 11.2. The number of anilines is 1. The van der Waals surface area contributed by atoms with Crippen molar-refractivity contribution in [3.8, 4) is 17.2 Å². The topological polar surface area (TPSA) is 62.4 Å². The molecule has 0 saturated carbocycles. The van der Waals surface area contributed by atoms with Gasteiger partial charge in [-0.05, 0) is 109 Å². The Bertz CT molecular complexity index is 1340. The fourth-order valence-electron chi connectivity index (χ4n) is 4.50. The third kappa shape index (κ3) is 4.60. The van der Waals surface area contributed by atoms with Crippen LogP contribution in [0.4, 0.5) is 5.69 Å². The van der Waals surface area contributed by atoms with Gasteiger partial charge in [-0.15, -0.1) is 0 Å². The summed E-state index contributed by atoms with van der Waals surface area (Å²) in [6, 6.07) is 21.4. The van der Waals surface area contributed by atoms with Gasteiger partial charge in [0.25, 0.3) is 0 Å². The van der Waals surface area contributed by atoms with Gasteiger partial charge in [0.05, 0.1) is 24.9 Å². The second kappa shape index (κ2) is 9.87. The lowest BCUT2D eigenvalue weighted by Crippen LogP contribution is -2.29. The molecule has 5 rings (SSSR count). The van der Waals surface area contributed by atoms with Gasteiger partial charge >= 0.3 is 0 Å². The molecule has 6 nitrogen and oxygen atoms in total. The quantitative estimate of drug-likeness (QED) is 0.193. The highest BCUT2D eigenvalue weighted by molar-refractivity contribution is 14.1. The van der Waals surface area contributed by atoms with Gasteiger partial charge in [0.2, 0.25) is 0 Å². The lowest BCUT2D eigenvalue weighted by Gasteiger charge is -2.28. The number of aromatic nitrogens is 2. The number of nitrogens with zero attached hydrogens (tertiary/aromatic N) is 2. The van der Waals surface area contributed by atoms with Crippen molar-refractivity contribution in [3.05, 3.63) is 99.1 Å². The minimum Gasteiger partial charge on any atom is -0.497 e. The van der Waals surface area contributed by atoms with Crippen LogP contribution >= 0.6 is 34.8 Å². The van der Waals surface area contributed by atoms with E-state index in [0.29, 0.717) is 5.11 Å². The largest absolute Gasteiger partial charge is 0.497 e. The summed E-state index contributed by atoms with van der Waals surface area (Å²) in [6.45, 7) is 4.22. The van der Waals surface area contributed by atoms with E-state index in [1.165, 1.54) is 9.13 Å². The van der Waals surface area contributed by atoms with Crippen molar-refractivity contribution in [3.63, 3.8) is 0 Å². The zero-order valence-corrected chi connectivity index (χ0v) is 22.6. The summed E-state index contributed by atoms with van der Waals surface area (Å²) >= 11 is 8.29. The van der Waals surface area contributed by atoms with Gasteiger partial charge < -0.3 is 24.7 Å². The number of hydrogen-bond donors (Lipinski definition) is 2. The molecule has 1 aliphatic rings. The van der Waals surface area contributed by atoms with E-state index >= 15 is 0 Å². The molecule has 1 fully saturated rings. The maximum absolute atomic E-state index is 6.03. The molecular weight excluding hydrogens is 571 g/mol. The van der Waals surface area contributed by atoms with Crippen LogP contribution in [0.25, 0.3) is 0 Å². The van der Waals surface area contributed by atoms with E-state index in [4.69, 9.17) is 21.7 Å². The Morgan fingerprint density at radius 1 is 0.914 bits per heavy atom. The van der Waals surface area contributed by atoms with E-state index in [2.05, 4.69) is 56.6 Å². The highest BCUT2D eigenvalue weighted by atomic mass is 127. The average Bonchev–Trinajstić information content (AvgIpc) is 3.34. The molecule has 178 valence electrons. The monoisotopic (exact) mass is 596 g/mol. The first-order chi connectivity index (χ1) is 17.0. The average molecular weight is 596 g/mol. The van der Waals surface area contributed by atoms with E-state index in [0.717, 1.165) is 40.0 Å². The Kier molecular flexibility index (Phi) is 6.66. The molecule has 0 spiro atoms. The predicted octanol–water partition coefficient (Wildman–Crippen LogP) is 6.61. The van der Waals surface area contributed by atoms with E-state index in [1.807, 2.05) is 72.9 Å². The third-order valence-electron chi connectivity index (χ3n) is 6.15. The van der Waals surface area contributed by atoms with Gasteiger partial charge in [-0.25, -0.2) is 0 Å². The van der Waals surface area contributed by atoms with Crippen LogP contribution in [-0.4, -0.2) is 22.2 Å². The second-order valence-corrected chi connectivity index (χ2v) is 9.84. The van der Waals surface area contributed by atoms with Crippen LogP contribution in [0.2, 0.25) is 0 Å². The molecule has 2 aromatic carbocycles. The van der Waals surface area contributed by atoms with Crippen LogP contribution in [0.1, 0.15) is 34.7 Å². The molecule has 2 N–H and O–H groups in total. The van der Waals surface area contributed by atoms with Crippen molar-refractivity contribution < 1.29 is 9.47 Å². The molecule has 0 unspecified atom stereocenters. The minimum atomic E-state index is -0.0821. The van der Waals surface area contributed by atoms with E-state index in [-0.39, 0.29) is 12.1 Å². The highest BCUT2D eigenvalue weighted by Gasteiger charge is 2.43. The molecular formula is C27H25IN4O2S. The number of halogens is 1. The number of thiocarbonyl (C=S) groups is 1. The van der Waals surface area contributed by atoms with Crippen molar-refractivity contribution in [2.75, 3.05) is 12.0 Å². The van der Waals surface area contributed by atoms with Crippen molar-refractivity contribution >= 4 is 45.6 Å². The summed E-state index contributed by atoms with van der Waals surface area (Å²) in [5.74, 6) is 2.29. The summed E-state index contributed by atoms with van der Waals surface area (Å²) in [5, 5.41) is 4.20. The van der Waals surface area contributed by atoms with E-state index in [1.54, 1.807) is 7.11 Å². The number of rotatable bonds is 6. The summed E-state index contributed by atoms with van der Waals surface area (Å²) < 4.78 is 12.5. The predicted molar refractivity (Wildman–Crippen MR) is 150 cm³/mol. The fourth-order valence-corrected chi connectivity index (χ4v) is 5.71. The summed E-state index contributed by atoms with van der Waals surface area (Å²) in [6.07, 6.45) is 1.82. The number of H-pyrrole nitrogens is 1. The van der Waals surface area contributed by atoms with Crippen LogP contribution in [0.3, 0.4) is 0 Å². The van der Waals surface area contributed by atoms with Gasteiger partial charge in [0.1, 0.15) is 17.2 Å². The van der Waals surface area contributed by atoms with Crippen LogP contribution in [0.15, 0.2) is 72.9 Å². The molecule has 0 aliphatic carbocycles. The number of methoxy groups -OCH3 is 1.